The molecule has 0 fully saturated rings. The molecule has 7 heteroatoms. The molecule has 0 radical (unpaired) electrons. The number of carbonyl (C=O) groups is 1. The first-order chi connectivity index (χ1) is 11.0. The normalized spacial score (nSPS) is 20.7. The molecule has 1 aromatic carbocycles. The molecule has 1 aliphatic carbocycles. The van der Waals surface area contributed by atoms with E-state index in [4.69, 9.17) is 10.5 Å². The number of Topliss-reactive ketones (excluding diaryl/α,β-unsaturated/α-hetero) is 1. The Morgan fingerprint density at radius 3 is 2.61 bits per heavy atom. The number of ether oxygens (including phenoxy) is 1. The summed E-state index contributed by atoms with van der Waals surface area (Å²) in [7, 11) is 0. The molecule has 0 bridgehead atoms. The highest BCUT2D eigenvalue weighted by Crippen LogP contribution is 2.43. The number of nitrogens with two attached hydrogens (primary N) is 1. The Labute approximate surface area is 131 Å². The lowest BCUT2D eigenvalue weighted by Crippen LogP contribution is -2.26. The molecule has 1 atom stereocenters. The molecule has 1 heterocycles. The van der Waals surface area contributed by atoms with Crippen LogP contribution >= 0.6 is 0 Å². The second kappa shape index (κ2) is 5.57. The van der Waals surface area contributed by atoms with Crippen LogP contribution in [-0.2, 0) is 9.53 Å². The third kappa shape index (κ3) is 2.44. The molecule has 3 rings (SSSR count). The molecule has 2 N–H and O–H groups in total. The minimum atomic E-state index is -0.492. The van der Waals surface area contributed by atoms with Gasteiger partial charge in [-0.25, -0.2) is 0 Å². The van der Waals surface area contributed by atoms with Crippen LogP contribution in [0.15, 0.2) is 47.1 Å². The standard InChI is InChI=1S/C16H13N3O4/c17-8-12-14(9-4-6-10(7-5-9)19(21)22)11-2-1-3-13(20)15(11)23-16(12)18/h4-7,14H,1-3,18H2. The molecule has 2 aliphatic rings. The predicted molar refractivity (Wildman–Crippen MR) is 79.6 cm³/mol. The fraction of sp³-hybridized carbons (Fsp3) is 0.250. The number of nitriles is 1. The highest BCUT2D eigenvalue weighted by atomic mass is 16.6. The van der Waals surface area contributed by atoms with Crippen molar-refractivity contribution < 1.29 is 14.5 Å². The SMILES string of the molecule is N#CC1=C(N)OC2=C(CCCC2=O)C1c1ccc([N+](=O)[O-])cc1. The number of allylic oxidation sites excluding steroid dienone is 3. The monoisotopic (exact) mass is 311 g/mol. The Balaban J connectivity index is 2.12. The molecule has 1 aliphatic heterocycles. The fourth-order valence-corrected chi connectivity index (χ4v) is 3.00. The predicted octanol–water partition coefficient (Wildman–Crippen LogP) is 2.41. The zero-order valence-electron chi connectivity index (χ0n) is 12.1. The summed E-state index contributed by atoms with van der Waals surface area (Å²) in [5.41, 5.74) is 7.40. The summed E-state index contributed by atoms with van der Waals surface area (Å²) in [6.45, 7) is 0. The largest absolute Gasteiger partial charge is 0.437 e. The first-order valence-corrected chi connectivity index (χ1v) is 7.11. The smallest absolute Gasteiger partial charge is 0.269 e. The molecule has 23 heavy (non-hydrogen) atoms. The molecule has 116 valence electrons. The second-order valence-corrected chi connectivity index (χ2v) is 5.40. The summed E-state index contributed by atoms with van der Waals surface area (Å²) < 4.78 is 5.38. The van der Waals surface area contributed by atoms with Crippen LogP contribution in [0.4, 0.5) is 5.69 Å². The Hall–Kier alpha value is -3.14. The van der Waals surface area contributed by atoms with E-state index >= 15 is 0 Å². The molecular formula is C16H13N3O4. The average Bonchev–Trinajstić information content (AvgIpc) is 2.54. The van der Waals surface area contributed by atoms with Crippen LogP contribution in [0.25, 0.3) is 0 Å². The highest BCUT2D eigenvalue weighted by molar-refractivity contribution is 5.96. The molecule has 7 nitrogen and oxygen atoms in total. The zero-order chi connectivity index (χ0) is 16.6. The molecule has 0 aromatic heterocycles. The average molecular weight is 311 g/mol. The molecule has 0 saturated carbocycles. The van der Waals surface area contributed by atoms with Crippen molar-refractivity contribution in [1.82, 2.24) is 0 Å². The lowest BCUT2D eigenvalue weighted by molar-refractivity contribution is -0.384. The van der Waals surface area contributed by atoms with E-state index in [1.165, 1.54) is 12.1 Å². The van der Waals surface area contributed by atoms with Crippen LogP contribution in [0.2, 0.25) is 0 Å². The van der Waals surface area contributed by atoms with Crippen molar-refractivity contribution >= 4 is 11.5 Å². The first-order valence-electron chi connectivity index (χ1n) is 7.11. The van der Waals surface area contributed by atoms with Gasteiger partial charge in [0, 0.05) is 24.5 Å². The Bertz CT molecular complexity index is 800. The van der Waals surface area contributed by atoms with Crippen LogP contribution in [0.5, 0.6) is 0 Å². The maximum Gasteiger partial charge on any atom is 0.269 e. The topological polar surface area (TPSA) is 119 Å². The zero-order valence-corrected chi connectivity index (χ0v) is 12.1. The van der Waals surface area contributed by atoms with E-state index in [-0.39, 0.29) is 28.7 Å². The summed E-state index contributed by atoms with van der Waals surface area (Å²) >= 11 is 0. The van der Waals surface area contributed by atoms with Gasteiger partial charge in [-0.05, 0) is 24.0 Å². The van der Waals surface area contributed by atoms with Gasteiger partial charge < -0.3 is 10.5 Å². The van der Waals surface area contributed by atoms with Gasteiger partial charge in [0.1, 0.15) is 11.6 Å². The summed E-state index contributed by atoms with van der Waals surface area (Å²) in [5.74, 6) is -0.479. The lowest BCUT2D eigenvalue weighted by Gasteiger charge is -2.31. The fourth-order valence-electron chi connectivity index (χ4n) is 3.00. The number of nitro groups is 1. The molecule has 0 amide bonds. The van der Waals surface area contributed by atoms with Gasteiger partial charge in [0.15, 0.2) is 11.5 Å². The van der Waals surface area contributed by atoms with Crippen molar-refractivity contribution in [3.05, 3.63) is 62.7 Å². The van der Waals surface area contributed by atoms with Gasteiger partial charge in [-0.3, -0.25) is 14.9 Å². The lowest BCUT2D eigenvalue weighted by atomic mass is 9.78. The number of non-ortho nitro benzene ring substituents is 1. The summed E-state index contributed by atoms with van der Waals surface area (Å²) in [6, 6.07) is 7.96. The Morgan fingerprint density at radius 2 is 2.00 bits per heavy atom. The van der Waals surface area contributed by atoms with Crippen LogP contribution in [-0.4, -0.2) is 10.7 Å². The molecule has 1 aromatic rings. The van der Waals surface area contributed by atoms with Crippen LogP contribution in [0.3, 0.4) is 0 Å². The summed E-state index contributed by atoms with van der Waals surface area (Å²) in [6.07, 6.45) is 1.70. The van der Waals surface area contributed by atoms with Crippen molar-refractivity contribution in [3.8, 4) is 6.07 Å². The van der Waals surface area contributed by atoms with Crippen molar-refractivity contribution in [2.24, 2.45) is 5.73 Å². The summed E-state index contributed by atoms with van der Waals surface area (Å²) in [5, 5.41) is 20.2. The van der Waals surface area contributed by atoms with E-state index < -0.39 is 10.8 Å². The van der Waals surface area contributed by atoms with Gasteiger partial charge in [0.25, 0.3) is 5.69 Å². The van der Waals surface area contributed by atoms with Crippen molar-refractivity contribution in [2.45, 2.75) is 25.2 Å². The minimum Gasteiger partial charge on any atom is -0.437 e. The van der Waals surface area contributed by atoms with Gasteiger partial charge in [-0.15, -0.1) is 0 Å². The van der Waals surface area contributed by atoms with Gasteiger partial charge >= 0.3 is 0 Å². The van der Waals surface area contributed by atoms with E-state index in [0.717, 1.165) is 5.57 Å². The maximum absolute atomic E-state index is 12.1. The number of hydrogen-bond donors (Lipinski definition) is 1. The Kier molecular flexibility index (Phi) is 3.58. The number of nitrogens with zero attached hydrogens (tertiary/aromatic N) is 2. The van der Waals surface area contributed by atoms with Gasteiger partial charge in [0.05, 0.1) is 4.92 Å². The van der Waals surface area contributed by atoms with Crippen LogP contribution in [0, 0.1) is 21.4 Å². The molecular weight excluding hydrogens is 298 g/mol. The number of hydrogen-bond acceptors (Lipinski definition) is 6. The van der Waals surface area contributed by atoms with E-state index in [9.17, 15) is 20.2 Å². The van der Waals surface area contributed by atoms with Gasteiger partial charge in [-0.2, -0.15) is 5.26 Å². The van der Waals surface area contributed by atoms with Crippen LogP contribution < -0.4 is 5.73 Å². The van der Waals surface area contributed by atoms with E-state index in [1.54, 1.807) is 12.1 Å². The molecule has 0 saturated heterocycles. The first kappa shape index (κ1) is 14.8. The van der Waals surface area contributed by atoms with E-state index in [2.05, 4.69) is 0 Å². The number of rotatable bonds is 2. The third-order valence-electron chi connectivity index (χ3n) is 4.07. The number of ketones is 1. The second-order valence-electron chi connectivity index (χ2n) is 5.40. The van der Waals surface area contributed by atoms with Crippen molar-refractivity contribution in [1.29, 1.82) is 5.26 Å². The van der Waals surface area contributed by atoms with E-state index in [1.807, 2.05) is 6.07 Å². The van der Waals surface area contributed by atoms with Crippen molar-refractivity contribution in [2.75, 3.05) is 0 Å². The quantitative estimate of drug-likeness (QED) is 0.661. The minimum absolute atomic E-state index is 0.0369. The Morgan fingerprint density at radius 1 is 1.30 bits per heavy atom. The van der Waals surface area contributed by atoms with Gasteiger partial charge in [-0.1, -0.05) is 12.1 Å². The van der Waals surface area contributed by atoms with E-state index in [0.29, 0.717) is 24.8 Å². The number of nitro benzene ring substituents is 1. The van der Waals surface area contributed by atoms with Crippen LogP contribution in [0.1, 0.15) is 30.7 Å². The molecule has 1 unspecified atom stereocenters. The van der Waals surface area contributed by atoms with Crippen molar-refractivity contribution in [3.63, 3.8) is 0 Å². The maximum atomic E-state index is 12.1. The van der Waals surface area contributed by atoms with Gasteiger partial charge in [0.2, 0.25) is 5.88 Å². The number of carbonyl (C=O) groups excluding carboxylic acids is 1. The number of benzene rings is 1. The molecule has 0 spiro atoms. The summed E-state index contributed by atoms with van der Waals surface area (Å²) in [4.78, 5) is 22.4. The highest BCUT2D eigenvalue weighted by Gasteiger charge is 2.37. The third-order valence-corrected chi connectivity index (χ3v) is 4.07.